The van der Waals surface area contributed by atoms with Crippen LogP contribution in [-0.4, -0.2) is 33.1 Å². The molecule has 2 aromatic heterocycles. The highest BCUT2D eigenvalue weighted by molar-refractivity contribution is 7.16. The summed E-state index contributed by atoms with van der Waals surface area (Å²) < 4.78 is 1.54. The highest BCUT2D eigenvalue weighted by atomic mass is 32.1. The van der Waals surface area contributed by atoms with E-state index >= 15 is 0 Å². The van der Waals surface area contributed by atoms with Crippen LogP contribution in [0.15, 0.2) is 4.79 Å². The molecule has 2 atom stereocenters. The Morgan fingerprint density at radius 3 is 2.90 bits per heavy atom. The summed E-state index contributed by atoms with van der Waals surface area (Å²) >= 11 is 1.59. The predicted molar refractivity (Wildman–Crippen MR) is 83.1 cm³/mol. The fraction of sp³-hybridized carbons (Fsp3) is 0.667. The fourth-order valence-corrected chi connectivity index (χ4v) is 4.73. The van der Waals surface area contributed by atoms with Crippen LogP contribution in [0.5, 0.6) is 0 Å². The van der Waals surface area contributed by atoms with E-state index in [0.717, 1.165) is 53.5 Å². The van der Waals surface area contributed by atoms with Gasteiger partial charge in [-0.15, -0.1) is 0 Å². The van der Waals surface area contributed by atoms with Crippen molar-refractivity contribution in [1.82, 2.24) is 19.5 Å². The van der Waals surface area contributed by atoms with Crippen LogP contribution in [0.25, 0.3) is 4.96 Å². The Kier molecular flexibility index (Phi) is 3.11. The molecule has 6 heteroatoms. The van der Waals surface area contributed by atoms with E-state index < -0.39 is 0 Å². The lowest BCUT2D eigenvalue weighted by Gasteiger charge is -2.19. The zero-order valence-electron chi connectivity index (χ0n) is 12.5. The van der Waals surface area contributed by atoms with Crippen molar-refractivity contribution < 1.29 is 0 Å². The third kappa shape index (κ3) is 2.04. The molecule has 0 spiro atoms. The molecule has 0 saturated carbocycles. The molecule has 2 aromatic rings. The topological polar surface area (TPSA) is 50.5 Å². The minimum Gasteiger partial charge on any atom is -0.297 e. The Morgan fingerprint density at radius 2 is 2.14 bits per heavy atom. The minimum absolute atomic E-state index is 0.0599. The maximum Gasteiger partial charge on any atom is 0.278 e. The molecular formula is C15H20N4OS. The lowest BCUT2D eigenvalue weighted by Crippen LogP contribution is -2.26. The summed E-state index contributed by atoms with van der Waals surface area (Å²) in [5, 5.41) is 5.63. The molecule has 1 fully saturated rings. The van der Waals surface area contributed by atoms with E-state index in [1.807, 2.05) is 0 Å². The molecule has 4 rings (SSSR count). The monoisotopic (exact) mass is 304 g/mol. The molecule has 21 heavy (non-hydrogen) atoms. The predicted octanol–water partition coefficient (Wildman–Crippen LogP) is 2.36. The maximum atomic E-state index is 12.7. The SMILES string of the molecule is CC1CCCc2c1nc1sc(C3CCCN3C)nn1c2=O. The number of rotatable bonds is 1. The van der Waals surface area contributed by atoms with Crippen molar-refractivity contribution in [3.63, 3.8) is 0 Å². The maximum absolute atomic E-state index is 12.7. The van der Waals surface area contributed by atoms with Crippen LogP contribution in [0.2, 0.25) is 0 Å². The average molecular weight is 304 g/mol. The van der Waals surface area contributed by atoms with Gasteiger partial charge in [-0.2, -0.15) is 9.61 Å². The van der Waals surface area contributed by atoms with Crippen LogP contribution in [0.3, 0.4) is 0 Å². The van der Waals surface area contributed by atoms with E-state index in [1.54, 1.807) is 15.9 Å². The van der Waals surface area contributed by atoms with Gasteiger partial charge < -0.3 is 0 Å². The highest BCUT2D eigenvalue weighted by Gasteiger charge is 2.28. The van der Waals surface area contributed by atoms with Gasteiger partial charge in [-0.1, -0.05) is 18.3 Å². The Bertz CT molecular complexity index is 750. The van der Waals surface area contributed by atoms with Crippen molar-refractivity contribution in [2.45, 2.75) is 51.0 Å². The second-order valence-electron chi connectivity index (χ2n) is 6.35. The van der Waals surface area contributed by atoms with Gasteiger partial charge in [0.25, 0.3) is 5.56 Å². The van der Waals surface area contributed by atoms with Gasteiger partial charge in [-0.25, -0.2) is 4.98 Å². The summed E-state index contributed by atoms with van der Waals surface area (Å²) in [6.45, 7) is 3.28. The summed E-state index contributed by atoms with van der Waals surface area (Å²) in [6, 6.07) is 0.352. The van der Waals surface area contributed by atoms with Crippen LogP contribution < -0.4 is 5.56 Å². The lowest BCUT2D eigenvalue weighted by atomic mass is 9.89. The number of fused-ring (bicyclic) bond motifs is 2. The molecule has 3 heterocycles. The first-order chi connectivity index (χ1) is 10.1. The van der Waals surface area contributed by atoms with Crippen molar-refractivity contribution in [3.05, 3.63) is 26.6 Å². The second kappa shape index (κ2) is 4.88. The van der Waals surface area contributed by atoms with E-state index in [0.29, 0.717) is 12.0 Å². The second-order valence-corrected chi connectivity index (χ2v) is 7.33. The first kappa shape index (κ1) is 13.4. The zero-order chi connectivity index (χ0) is 14.6. The standard InChI is InChI=1S/C15H20N4OS/c1-9-5-3-6-10-12(9)16-15-19(14(10)20)17-13(21-15)11-7-4-8-18(11)2/h9,11H,3-8H2,1-2H3. The van der Waals surface area contributed by atoms with Gasteiger partial charge in [0.2, 0.25) is 4.96 Å². The first-order valence-electron chi connectivity index (χ1n) is 7.78. The van der Waals surface area contributed by atoms with Gasteiger partial charge in [0, 0.05) is 5.56 Å². The molecule has 1 saturated heterocycles. The van der Waals surface area contributed by atoms with E-state index in [1.165, 1.54) is 6.42 Å². The number of nitrogens with zero attached hydrogens (tertiary/aromatic N) is 4. The van der Waals surface area contributed by atoms with Gasteiger partial charge in [-0.3, -0.25) is 9.69 Å². The van der Waals surface area contributed by atoms with Gasteiger partial charge in [0.15, 0.2) is 0 Å². The molecule has 0 bridgehead atoms. The third-order valence-corrected chi connectivity index (χ3v) is 5.90. The summed E-state index contributed by atoms with van der Waals surface area (Å²) in [6.07, 6.45) is 5.39. The van der Waals surface area contributed by atoms with Crippen LogP contribution >= 0.6 is 11.3 Å². The van der Waals surface area contributed by atoms with Gasteiger partial charge in [0.05, 0.1) is 11.7 Å². The van der Waals surface area contributed by atoms with E-state index in [-0.39, 0.29) is 5.56 Å². The van der Waals surface area contributed by atoms with E-state index in [2.05, 4.69) is 24.0 Å². The summed E-state index contributed by atoms with van der Waals surface area (Å²) in [5.41, 5.74) is 1.97. The molecule has 0 aromatic carbocycles. The first-order valence-corrected chi connectivity index (χ1v) is 8.59. The van der Waals surface area contributed by atoms with Gasteiger partial charge in [0.1, 0.15) is 5.01 Å². The smallest absolute Gasteiger partial charge is 0.278 e. The molecule has 112 valence electrons. The lowest BCUT2D eigenvalue weighted by molar-refractivity contribution is 0.315. The molecule has 5 nitrogen and oxygen atoms in total. The van der Waals surface area contributed by atoms with Crippen LogP contribution in [-0.2, 0) is 6.42 Å². The fourth-order valence-electron chi connectivity index (χ4n) is 3.63. The Labute approximate surface area is 127 Å². The molecule has 2 unspecified atom stereocenters. The van der Waals surface area contributed by atoms with Crippen molar-refractivity contribution in [3.8, 4) is 0 Å². The quantitative estimate of drug-likeness (QED) is 0.811. The van der Waals surface area contributed by atoms with Crippen LogP contribution in [0, 0.1) is 0 Å². The summed E-state index contributed by atoms with van der Waals surface area (Å²) in [7, 11) is 2.13. The number of hydrogen-bond donors (Lipinski definition) is 0. The van der Waals surface area contributed by atoms with E-state index in [4.69, 9.17) is 4.98 Å². The van der Waals surface area contributed by atoms with Crippen LogP contribution in [0.4, 0.5) is 0 Å². The number of aromatic nitrogens is 3. The van der Waals surface area contributed by atoms with Crippen LogP contribution in [0.1, 0.15) is 60.8 Å². The third-order valence-electron chi connectivity index (χ3n) is 4.89. The normalized spacial score (nSPS) is 26.4. The molecule has 0 radical (unpaired) electrons. The molecule has 1 aliphatic heterocycles. The largest absolute Gasteiger partial charge is 0.297 e. The Morgan fingerprint density at radius 1 is 1.29 bits per heavy atom. The minimum atomic E-state index is 0.0599. The zero-order valence-corrected chi connectivity index (χ0v) is 13.3. The highest BCUT2D eigenvalue weighted by Crippen LogP contribution is 2.34. The molecule has 0 N–H and O–H groups in total. The molecule has 0 amide bonds. The molecule has 1 aliphatic carbocycles. The molecular weight excluding hydrogens is 284 g/mol. The average Bonchev–Trinajstić information content (AvgIpc) is 3.06. The van der Waals surface area contributed by atoms with Crippen molar-refractivity contribution in [2.75, 3.05) is 13.6 Å². The number of likely N-dealkylation sites (tertiary alicyclic amines) is 1. The van der Waals surface area contributed by atoms with Crippen molar-refractivity contribution in [1.29, 1.82) is 0 Å². The molecule has 2 aliphatic rings. The van der Waals surface area contributed by atoms with Crippen molar-refractivity contribution >= 4 is 16.3 Å². The Hall–Kier alpha value is -1.27. The summed E-state index contributed by atoms with van der Waals surface area (Å²) in [5.74, 6) is 0.395. The number of hydrogen-bond acceptors (Lipinski definition) is 5. The Balaban J connectivity index is 1.88. The van der Waals surface area contributed by atoms with Gasteiger partial charge in [-0.05, 0) is 51.6 Å². The van der Waals surface area contributed by atoms with E-state index in [9.17, 15) is 4.79 Å². The van der Waals surface area contributed by atoms with Gasteiger partial charge >= 0.3 is 0 Å². The van der Waals surface area contributed by atoms with Crippen molar-refractivity contribution in [2.24, 2.45) is 0 Å². The summed E-state index contributed by atoms with van der Waals surface area (Å²) in [4.78, 5) is 20.5.